The van der Waals surface area contributed by atoms with Gasteiger partial charge in [0.05, 0.1) is 11.4 Å². The van der Waals surface area contributed by atoms with Gasteiger partial charge in [0.25, 0.3) is 0 Å². The van der Waals surface area contributed by atoms with Gasteiger partial charge in [-0.15, -0.1) is 11.3 Å². The summed E-state index contributed by atoms with van der Waals surface area (Å²) in [6, 6.07) is 26.6. The maximum absolute atomic E-state index is 11.6. The molecular weight excluding hydrogens is 526 g/mol. The number of aromatic carboxylic acids is 1. The number of nitrogens with zero attached hydrogens (tertiary/aromatic N) is 3. The number of aromatic nitrogens is 3. The summed E-state index contributed by atoms with van der Waals surface area (Å²) in [5.74, 6) is -0.431. The van der Waals surface area contributed by atoms with Crippen LogP contribution in [0.5, 0.6) is 0 Å². The number of nitrogens with one attached hydrogen (secondary N) is 1. The van der Waals surface area contributed by atoms with Gasteiger partial charge in [-0.25, -0.2) is 14.5 Å². The van der Waals surface area contributed by atoms with Crippen molar-refractivity contribution in [3.63, 3.8) is 0 Å². The maximum atomic E-state index is 11.6. The largest absolute Gasteiger partial charge is 0.476 e. The van der Waals surface area contributed by atoms with E-state index in [4.69, 9.17) is 10.2 Å². The molecule has 196 valence electrons. The van der Waals surface area contributed by atoms with Crippen molar-refractivity contribution >= 4 is 40.6 Å². The summed E-state index contributed by atoms with van der Waals surface area (Å²) in [7, 11) is 0. The second-order valence-electron chi connectivity index (χ2n) is 9.66. The Balaban J connectivity index is 1.47. The second kappa shape index (κ2) is 11.1. The molecule has 7 nitrogen and oxygen atoms in total. The minimum Gasteiger partial charge on any atom is -0.476 e. The zero-order valence-corrected chi connectivity index (χ0v) is 22.7. The molecule has 0 unspecified atom stereocenters. The monoisotopic (exact) mass is 553 g/mol. The molecule has 2 heterocycles. The molecule has 0 amide bonds. The third-order valence-electron chi connectivity index (χ3n) is 6.80. The van der Waals surface area contributed by atoms with Gasteiger partial charge in [0.2, 0.25) is 5.13 Å². The lowest BCUT2D eigenvalue weighted by Gasteiger charge is -2.10. The minimum atomic E-state index is -1.04. The number of carboxylic acids is 1. The molecule has 2 aromatic heterocycles. The van der Waals surface area contributed by atoms with Gasteiger partial charge in [-0.1, -0.05) is 42.5 Å². The van der Waals surface area contributed by atoms with E-state index >= 15 is 0 Å². The molecule has 4 N–H and O–H groups in total. The van der Waals surface area contributed by atoms with Crippen molar-refractivity contribution in [3.8, 4) is 16.4 Å². The molecular formula is C30H27N5O2S2. The van der Waals surface area contributed by atoms with Crippen molar-refractivity contribution in [3.05, 3.63) is 107 Å². The number of anilines is 2. The van der Waals surface area contributed by atoms with Crippen molar-refractivity contribution in [1.82, 2.24) is 14.8 Å². The topological polar surface area (TPSA) is 106 Å². The number of carboxylic acid groups (broad SMARTS) is 1. The molecule has 1 fully saturated rings. The van der Waals surface area contributed by atoms with Crippen LogP contribution >= 0.6 is 23.3 Å². The fourth-order valence-corrected chi connectivity index (χ4v) is 5.71. The van der Waals surface area contributed by atoms with Gasteiger partial charge in [0.15, 0.2) is 5.69 Å². The number of nitrogens with two attached hydrogens (primary N) is 1. The van der Waals surface area contributed by atoms with E-state index < -0.39 is 5.97 Å². The van der Waals surface area contributed by atoms with Gasteiger partial charge in [-0.05, 0) is 79.1 Å². The van der Waals surface area contributed by atoms with Crippen LogP contribution in [0.1, 0.15) is 40.2 Å². The summed E-state index contributed by atoms with van der Waals surface area (Å²) in [6.45, 7) is 0. The van der Waals surface area contributed by atoms with Crippen molar-refractivity contribution in [2.24, 2.45) is 11.1 Å². The highest BCUT2D eigenvalue weighted by atomic mass is 32.2. The molecule has 0 spiro atoms. The van der Waals surface area contributed by atoms with Crippen LogP contribution < -0.4 is 10.5 Å². The summed E-state index contributed by atoms with van der Waals surface area (Å²) in [5.41, 5.74) is 7.28. The summed E-state index contributed by atoms with van der Waals surface area (Å²) < 4.78 is 1.88. The second-order valence-corrected chi connectivity index (χ2v) is 11.2. The predicted molar refractivity (Wildman–Crippen MR) is 157 cm³/mol. The highest BCUT2D eigenvalue weighted by molar-refractivity contribution is 7.97. The molecule has 39 heavy (non-hydrogen) atoms. The summed E-state index contributed by atoms with van der Waals surface area (Å²) >= 11 is 2.54. The number of thiazole rings is 1. The number of carbonyl (C=O) groups is 1. The molecule has 6 rings (SSSR count). The fraction of sp³-hybridized carbons (Fsp3) is 0.167. The highest BCUT2D eigenvalue weighted by Gasteiger charge is 2.29. The molecule has 3 aromatic carbocycles. The third-order valence-corrected chi connectivity index (χ3v) is 8.16. The van der Waals surface area contributed by atoms with Crippen LogP contribution in [0.25, 0.3) is 16.4 Å². The van der Waals surface area contributed by atoms with Crippen molar-refractivity contribution < 1.29 is 9.90 Å². The Hall–Kier alpha value is -3.92. The van der Waals surface area contributed by atoms with Crippen molar-refractivity contribution in [1.29, 1.82) is 0 Å². The quantitative estimate of drug-likeness (QED) is 0.161. The zero-order valence-electron chi connectivity index (χ0n) is 21.1. The van der Waals surface area contributed by atoms with Crippen molar-refractivity contribution in [2.45, 2.75) is 30.6 Å². The van der Waals surface area contributed by atoms with E-state index in [0.717, 1.165) is 50.8 Å². The lowest BCUT2D eigenvalue weighted by atomic mass is 9.97. The number of hydrogen-bond acceptors (Lipinski definition) is 7. The van der Waals surface area contributed by atoms with Crippen LogP contribution in [0.4, 0.5) is 11.4 Å². The predicted octanol–water partition coefficient (Wildman–Crippen LogP) is 6.95. The number of hydrogen-bond donors (Lipinski definition) is 3. The van der Waals surface area contributed by atoms with Gasteiger partial charge >= 0.3 is 5.97 Å². The van der Waals surface area contributed by atoms with E-state index in [1.165, 1.54) is 36.1 Å². The molecule has 0 aliphatic heterocycles. The Morgan fingerprint density at radius 2 is 1.82 bits per heavy atom. The Morgan fingerprint density at radius 3 is 2.51 bits per heavy atom. The van der Waals surface area contributed by atoms with E-state index in [0.29, 0.717) is 17.5 Å². The van der Waals surface area contributed by atoms with Gasteiger partial charge in [-0.2, -0.15) is 5.10 Å². The molecule has 1 aliphatic carbocycles. The van der Waals surface area contributed by atoms with Crippen LogP contribution in [-0.4, -0.2) is 25.8 Å². The van der Waals surface area contributed by atoms with Crippen LogP contribution in [0.15, 0.2) is 89.1 Å². The number of benzene rings is 3. The molecule has 0 bridgehead atoms. The maximum Gasteiger partial charge on any atom is 0.355 e. The minimum absolute atomic E-state index is 0.0369. The lowest BCUT2D eigenvalue weighted by Crippen LogP contribution is -2.06. The highest BCUT2D eigenvalue weighted by Crippen LogP contribution is 2.38. The molecule has 5 aromatic rings. The average molecular weight is 554 g/mol. The molecule has 1 saturated carbocycles. The smallest absolute Gasteiger partial charge is 0.355 e. The third kappa shape index (κ3) is 5.75. The summed E-state index contributed by atoms with van der Waals surface area (Å²) in [5, 5.41) is 26.0. The normalized spacial score (nSPS) is 12.9. The first-order chi connectivity index (χ1) is 19.1. The molecule has 0 saturated heterocycles. The Bertz CT molecular complexity index is 1610. The summed E-state index contributed by atoms with van der Waals surface area (Å²) in [4.78, 5) is 17.0. The number of rotatable bonds is 10. The fourth-order valence-electron chi connectivity index (χ4n) is 4.65. The average Bonchev–Trinajstić information content (AvgIpc) is 3.52. The van der Waals surface area contributed by atoms with E-state index in [9.17, 15) is 9.90 Å². The van der Waals surface area contributed by atoms with Gasteiger partial charge < -0.3 is 10.4 Å². The van der Waals surface area contributed by atoms with Gasteiger partial charge in [-0.3, -0.25) is 5.14 Å². The molecule has 0 atom stereocenters. The zero-order chi connectivity index (χ0) is 26.8. The number of para-hydroxylation sites is 1. The van der Waals surface area contributed by atoms with Crippen LogP contribution in [0, 0.1) is 5.92 Å². The molecule has 9 heteroatoms. The summed E-state index contributed by atoms with van der Waals surface area (Å²) in [6.07, 6.45) is 3.96. The Kier molecular flexibility index (Phi) is 7.19. The Labute approximate surface area is 234 Å². The van der Waals surface area contributed by atoms with Crippen LogP contribution in [0.2, 0.25) is 0 Å². The molecule has 0 radical (unpaired) electrons. The van der Waals surface area contributed by atoms with E-state index in [2.05, 4.69) is 34.6 Å². The van der Waals surface area contributed by atoms with Crippen LogP contribution in [-0.2, 0) is 12.8 Å². The lowest BCUT2D eigenvalue weighted by molar-refractivity contribution is 0.0691. The van der Waals surface area contributed by atoms with E-state index in [1.54, 1.807) is 5.38 Å². The SMILES string of the molecule is NSc1ccc(Cc2c(-c3cccc(Nc4ccccc4)c3)nn(-c3nc(C(=O)O)cs3)c2CC2CC2)cc1. The van der Waals surface area contributed by atoms with Crippen LogP contribution in [0.3, 0.4) is 0 Å². The van der Waals surface area contributed by atoms with Gasteiger partial charge in [0.1, 0.15) is 0 Å². The molecule has 1 aliphatic rings. The van der Waals surface area contributed by atoms with Gasteiger partial charge in [0, 0.05) is 39.2 Å². The first-order valence-corrected chi connectivity index (χ1v) is 14.5. The standard InChI is InChI=1S/C30H27N5O2S2/c31-39-24-13-11-19(12-14-24)15-25-27(16-20-9-10-20)35(30-33-26(18-38-30)29(36)37)34-28(25)21-5-4-8-23(17-21)32-22-6-2-1-3-7-22/h1-8,11-14,17-18,20,32H,9-10,15-16,31H2,(H,36,37). The van der Waals surface area contributed by atoms with E-state index in [-0.39, 0.29) is 5.69 Å². The first kappa shape index (κ1) is 25.4. The van der Waals surface area contributed by atoms with E-state index in [1.807, 2.05) is 59.3 Å². The first-order valence-electron chi connectivity index (χ1n) is 12.8. The van der Waals surface area contributed by atoms with Crippen molar-refractivity contribution in [2.75, 3.05) is 5.32 Å². The Morgan fingerprint density at radius 1 is 1.05 bits per heavy atom.